The quantitative estimate of drug-likeness (QED) is 0.558. The van der Waals surface area contributed by atoms with Crippen LogP contribution in [0.4, 0.5) is 0 Å². The van der Waals surface area contributed by atoms with Gasteiger partial charge in [0, 0.05) is 23.7 Å². The third-order valence-electron chi connectivity index (χ3n) is 8.97. The highest BCUT2D eigenvalue weighted by molar-refractivity contribution is 5.89. The van der Waals surface area contributed by atoms with Crippen LogP contribution in [0.1, 0.15) is 93.9 Å². The molecule has 4 unspecified atom stereocenters. The largest absolute Gasteiger partial charge is 0.299 e. The summed E-state index contributed by atoms with van der Waals surface area (Å²) < 4.78 is 0. The molecule has 2 nitrogen and oxygen atoms in total. The minimum atomic E-state index is 0.0255. The molecule has 4 bridgehead atoms. The van der Waals surface area contributed by atoms with Crippen molar-refractivity contribution in [2.75, 3.05) is 0 Å². The molecule has 0 aromatic rings. The fourth-order valence-electron chi connectivity index (χ4n) is 5.80. The Morgan fingerprint density at radius 1 is 0.667 bits per heavy atom. The molecular weight excluding hydrogens is 296 g/mol. The molecule has 0 aliphatic heterocycles. The van der Waals surface area contributed by atoms with E-state index in [4.69, 9.17) is 0 Å². The van der Waals surface area contributed by atoms with Crippen molar-refractivity contribution >= 4 is 11.6 Å². The minimum absolute atomic E-state index is 0.0255. The number of Topliss-reactive ketones (excluding diaryl/α,β-unsaturated/α-hetero) is 2. The molecule has 138 valence electrons. The van der Waals surface area contributed by atoms with Crippen molar-refractivity contribution in [1.82, 2.24) is 0 Å². The summed E-state index contributed by atoms with van der Waals surface area (Å²) in [6, 6.07) is 0. The summed E-state index contributed by atoms with van der Waals surface area (Å²) in [5.74, 6) is 2.39. The van der Waals surface area contributed by atoms with Gasteiger partial charge in [0.2, 0.25) is 0 Å². The second-order valence-electron chi connectivity index (χ2n) is 9.83. The van der Waals surface area contributed by atoms with E-state index in [0.29, 0.717) is 23.4 Å². The summed E-state index contributed by atoms with van der Waals surface area (Å²) >= 11 is 0. The van der Waals surface area contributed by atoms with Gasteiger partial charge in [-0.3, -0.25) is 9.59 Å². The van der Waals surface area contributed by atoms with Crippen molar-refractivity contribution < 1.29 is 9.59 Å². The molecule has 0 heterocycles. The van der Waals surface area contributed by atoms with Crippen molar-refractivity contribution in [2.24, 2.45) is 33.5 Å². The lowest BCUT2D eigenvalue weighted by molar-refractivity contribution is -0.129. The molecule has 0 aromatic heterocycles. The lowest BCUT2D eigenvalue weighted by Crippen LogP contribution is -2.32. The molecular formula is C22H38O2. The van der Waals surface area contributed by atoms with Crippen LogP contribution >= 0.6 is 0 Å². The lowest BCUT2D eigenvalue weighted by Gasteiger charge is -2.32. The predicted octanol–water partition coefficient (Wildman–Crippen LogP) is 5.83. The molecule has 0 spiro atoms. The minimum Gasteiger partial charge on any atom is -0.299 e. The zero-order chi connectivity index (χ0) is 18.6. The highest BCUT2D eigenvalue weighted by atomic mass is 16.1. The third-order valence-corrected chi connectivity index (χ3v) is 8.97. The Bertz CT molecular complexity index is 482. The van der Waals surface area contributed by atoms with Crippen LogP contribution in [0, 0.1) is 33.5 Å². The molecule has 4 atom stereocenters. The second-order valence-corrected chi connectivity index (χ2v) is 9.83. The number of hydrogen-bond donors (Lipinski definition) is 0. The van der Waals surface area contributed by atoms with E-state index in [2.05, 4.69) is 41.5 Å². The van der Waals surface area contributed by atoms with Crippen LogP contribution in [0.2, 0.25) is 0 Å². The fraction of sp³-hybridized carbons (Fsp3) is 0.909. The second kappa shape index (κ2) is 5.95. The molecule has 4 saturated carbocycles. The first-order valence-corrected chi connectivity index (χ1v) is 10.0. The van der Waals surface area contributed by atoms with Crippen LogP contribution in [0.3, 0.4) is 0 Å². The Morgan fingerprint density at radius 3 is 1.04 bits per heavy atom. The predicted molar refractivity (Wildman–Crippen MR) is 99.8 cm³/mol. The molecule has 24 heavy (non-hydrogen) atoms. The van der Waals surface area contributed by atoms with Gasteiger partial charge in [0.05, 0.1) is 0 Å². The Balaban J connectivity index is 0.000000158. The molecule has 4 aliphatic carbocycles. The first-order valence-electron chi connectivity index (χ1n) is 10.0. The molecule has 2 heteroatoms. The maximum atomic E-state index is 11.6. The van der Waals surface area contributed by atoms with Crippen LogP contribution in [-0.4, -0.2) is 11.6 Å². The van der Waals surface area contributed by atoms with Crippen LogP contribution in [0.25, 0.3) is 0 Å². The summed E-state index contributed by atoms with van der Waals surface area (Å²) in [5, 5.41) is 0. The molecule has 0 amide bonds. The average molecular weight is 335 g/mol. The Kier molecular flexibility index (Phi) is 4.88. The maximum absolute atomic E-state index is 11.6. The van der Waals surface area contributed by atoms with Crippen LogP contribution in [-0.2, 0) is 9.59 Å². The van der Waals surface area contributed by atoms with Gasteiger partial charge in [-0.15, -0.1) is 0 Å². The molecule has 0 N–H and O–H groups in total. The number of rotatable bonds is 0. The summed E-state index contributed by atoms with van der Waals surface area (Å²) in [7, 11) is 0. The number of carbonyl (C=O) groups excluding carboxylic acids is 2. The smallest absolute Gasteiger partial charge is 0.139 e. The van der Waals surface area contributed by atoms with E-state index in [-0.39, 0.29) is 21.7 Å². The first-order chi connectivity index (χ1) is 11.0. The van der Waals surface area contributed by atoms with Gasteiger partial charge in [-0.05, 0) is 48.3 Å². The zero-order valence-corrected chi connectivity index (χ0v) is 17.2. The normalized spacial score (nSPS) is 43.2. The van der Waals surface area contributed by atoms with Gasteiger partial charge in [-0.25, -0.2) is 0 Å². The number of fused-ring (bicyclic) bond motifs is 4. The van der Waals surface area contributed by atoms with E-state index < -0.39 is 0 Å². The molecule has 0 aromatic carbocycles. The highest BCUT2D eigenvalue weighted by Crippen LogP contribution is 2.64. The molecule has 0 saturated heterocycles. The van der Waals surface area contributed by atoms with Crippen molar-refractivity contribution in [3.63, 3.8) is 0 Å². The van der Waals surface area contributed by atoms with Crippen LogP contribution in [0.15, 0.2) is 0 Å². The van der Waals surface area contributed by atoms with E-state index >= 15 is 0 Å². The van der Waals surface area contributed by atoms with Gasteiger partial charge in [-0.2, -0.15) is 0 Å². The van der Waals surface area contributed by atoms with E-state index in [0.717, 1.165) is 25.7 Å². The van der Waals surface area contributed by atoms with E-state index in [1.807, 2.05) is 13.8 Å². The zero-order valence-electron chi connectivity index (χ0n) is 17.2. The van der Waals surface area contributed by atoms with Gasteiger partial charge in [0.25, 0.3) is 0 Å². The topological polar surface area (TPSA) is 34.1 Å². The summed E-state index contributed by atoms with van der Waals surface area (Å²) in [6.07, 6.45) is 6.50. The van der Waals surface area contributed by atoms with Crippen molar-refractivity contribution in [2.45, 2.75) is 93.9 Å². The fourth-order valence-corrected chi connectivity index (χ4v) is 5.80. The number of ketones is 2. The summed E-state index contributed by atoms with van der Waals surface area (Å²) in [6.45, 7) is 17.3. The SMILES string of the molecule is CC.CC12CCC(CC1=O)C2(C)C.CC12CCC(CC1=O)C2(C)C. The lowest BCUT2D eigenvalue weighted by atomic mass is 9.70. The van der Waals surface area contributed by atoms with E-state index in [1.54, 1.807) is 0 Å². The van der Waals surface area contributed by atoms with Gasteiger partial charge >= 0.3 is 0 Å². The highest BCUT2D eigenvalue weighted by Gasteiger charge is 2.62. The summed E-state index contributed by atoms with van der Waals surface area (Å²) in [4.78, 5) is 23.1. The van der Waals surface area contributed by atoms with Crippen molar-refractivity contribution in [3.05, 3.63) is 0 Å². The van der Waals surface area contributed by atoms with Crippen LogP contribution in [0.5, 0.6) is 0 Å². The monoisotopic (exact) mass is 334 g/mol. The van der Waals surface area contributed by atoms with E-state index in [9.17, 15) is 9.59 Å². The molecule has 4 aliphatic rings. The molecule has 4 rings (SSSR count). The Labute approximate surface area is 149 Å². The Morgan fingerprint density at radius 2 is 0.958 bits per heavy atom. The first kappa shape index (κ1) is 19.7. The van der Waals surface area contributed by atoms with Gasteiger partial charge < -0.3 is 0 Å². The van der Waals surface area contributed by atoms with E-state index in [1.165, 1.54) is 12.8 Å². The van der Waals surface area contributed by atoms with Gasteiger partial charge in [0.15, 0.2) is 0 Å². The Hall–Kier alpha value is -0.660. The molecule has 0 radical (unpaired) electrons. The average Bonchev–Trinajstić information content (AvgIpc) is 3.02. The van der Waals surface area contributed by atoms with Gasteiger partial charge in [-0.1, -0.05) is 55.4 Å². The molecule has 4 fully saturated rings. The van der Waals surface area contributed by atoms with Crippen molar-refractivity contribution in [1.29, 1.82) is 0 Å². The van der Waals surface area contributed by atoms with Crippen molar-refractivity contribution in [3.8, 4) is 0 Å². The third kappa shape index (κ3) is 2.35. The van der Waals surface area contributed by atoms with Crippen LogP contribution < -0.4 is 0 Å². The summed E-state index contributed by atoms with van der Waals surface area (Å²) in [5.41, 5.74) is 0.615. The standard InChI is InChI=1S/2C10H16O.C2H6/c2*1-9(2)7-4-5-10(9,3)8(11)6-7;1-2/h2*7H,4-6H2,1-3H3;1-2H3. The number of hydrogen-bond acceptors (Lipinski definition) is 2. The maximum Gasteiger partial charge on any atom is 0.139 e. The van der Waals surface area contributed by atoms with Gasteiger partial charge in [0.1, 0.15) is 11.6 Å². The number of carbonyl (C=O) groups is 2.